The quantitative estimate of drug-likeness (QED) is 0.116. The number of hydrogen-bond donors (Lipinski definition) is 7. The van der Waals surface area contributed by atoms with Gasteiger partial charge in [-0.2, -0.15) is 0 Å². The van der Waals surface area contributed by atoms with Crippen molar-refractivity contribution in [3.8, 4) is 0 Å². The Morgan fingerprint density at radius 2 is 0.976 bits per heavy atom. The maximum Gasteiger partial charge on any atom is 0.246 e. The molecule has 486 valence electrons. The van der Waals surface area contributed by atoms with Gasteiger partial charge in [-0.15, -0.1) is 0 Å². The highest BCUT2D eigenvalue weighted by molar-refractivity contribution is 5.99. The average molecular weight is 1200 g/mol. The Hall–Kier alpha value is -6.17. The summed E-state index contributed by atoms with van der Waals surface area (Å²) in [6.45, 7) is 28.0. The fourth-order valence-electron chi connectivity index (χ4n) is 10.5. The maximum absolute atomic E-state index is 15.1. The summed E-state index contributed by atoms with van der Waals surface area (Å²) in [5.41, 5.74) is -1.55. The molecule has 24 nitrogen and oxygen atoms in total. The number of amides is 11. The largest absolute Gasteiger partial charge is 0.390 e. The second-order valence-corrected chi connectivity index (χ2v) is 26.1. The van der Waals surface area contributed by atoms with E-state index < -0.39 is 161 Å². The summed E-state index contributed by atoms with van der Waals surface area (Å²) in [5, 5.41) is 36.3. The summed E-state index contributed by atoms with van der Waals surface area (Å²) in [4.78, 5) is 166. The monoisotopic (exact) mass is 1200 g/mol. The molecule has 1 aliphatic heterocycles. The number of aliphatic hydroxyl groups is 2. The normalized spacial score (nSPS) is 26.9. The van der Waals surface area contributed by atoms with Gasteiger partial charge in [0.1, 0.15) is 60.4 Å². The Morgan fingerprint density at radius 1 is 0.518 bits per heavy atom. The van der Waals surface area contributed by atoms with Crippen LogP contribution in [-0.4, -0.2) is 226 Å². The van der Waals surface area contributed by atoms with Crippen LogP contribution in [0.15, 0.2) is 12.2 Å². The van der Waals surface area contributed by atoms with Crippen LogP contribution in [0, 0.1) is 35.5 Å². The van der Waals surface area contributed by atoms with E-state index in [1.165, 1.54) is 89.6 Å². The summed E-state index contributed by atoms with van der Waals surface area (Å²) in [6.07, 6.45) is 2.37. The first-order valence-electron chi connectivity index (χ1n) is 30.2. The molecule has 1 fully saturated rings. The molecule has 0 aliphatic carbocycles. The van der Waals surface area contributed by atoms with E-state index in [0.717, 1.165) is 9.80 Å². The lowest BCUT2D eigenvalue weighted by Crippen LogP contribution is -2.63. The Balaban J connectivity index is 4.30. The van der Waals surface area contributed by atoms with Crippen molar-refractivity contribution in [2.75, 3.05) is 48.8 Å². The zero-order valence-electron chi connectivity index (χ0n) is 55.5. The number of rotatable bonds is 15. The molecule has 0 bridgehead atoms. The average Bonchev–Trinajstić information content (AvgIpc) is 3.14. The number of carbonyl (C=O) groups is 11. The maximum atomic E-state index is 15.1. The van der Waals surface area contributed by atoms with Gasteiger partial charge in [-0.25, -0.2) is 0 Å². The smallest absolute Gasteiger partial charge is 0.246 e. The third-order valence-electron chi connectivity index (χ3n) is 15.6. The number of hydrogen-bond acceptors (Lipinski definition) is 13. The molecule has 1 rings (SSSR count). The molecule has 11 amide bonds. The van der Waals surface area contributed by atoms with Crippen molar-refractivity contribution >= 4 is 65.0 Å². The summed E-state index contributed by atoms with van der Waals surface area (Å²) in [6, 6.07) is -13.0. The van der Waals surface area contributed by atoms with E-state index in [4.69, 9.17) is 0 Å². The number of carbonyl (C=O) groups excluding carboxylic acids is 11. The predicted octanol–water partition coefficient (Wildman–Crippen LogP) is 2.04. The molecule has 0 aromatic carbocycles. The molecule has 0 saturated carbocycles. The Bertz CT molecular complexity index is 2340. The lowest BCUT2D eigenvalue weighted by molar-refractivity contribution is -0.157. The second-order valence-electron chi connectivity index (χ2n) is 26.1. The standard InChI is InChI=1S/C61H109N11O13/c1-24-26-27-38(13)50(74)49-54(78)65-41(25-2)56(80)67(18)32-46(73)64-42(31-61(16,17)85)52(76)66-47(36(9)10)59(83)68(19)43(28-33(3)4)53(77)62-39(14)51(75)63-40(15)55(79)69(20)44(29-34(5)6)57(81)70(21)45(30-35(7)8)58(82)71(22)48(37(11)12)60(84)72(49)23/h24,26,33-45,47-50,74,85H,25,27-32H2,1-23H3,(H,62,77)(H,63,75)(H,64,73)(H,65,78)(H,66,76)/b26-24+/t38-,39+,40-,41+,42+,43+,44+,45+,47+,48+,49+,50-/m1/s1. The lowest BCUT2D eigenvalue weighted by atomic mass is 9.91. The molecule has 24 heteroatoms. The van der Waals surface area contributed by atoms with Gasteiger partial charge in [0.2, 0.25) is 65.0 Å². The van der Waals surface area contributed by atoms with E-state index in [-0.39, 0.29) is 49.9 Å². The molecule has 0 unspecified atom stereocenters. The van der Waals surface area contributed by atoms with E-state index in [2.05, 4.69) is 26.6 Å². The van der Waals surface area contributed by atoms with Crippen LogP contribution in [0.5, 0.6) is 0 Å². The molecule has 1 saturated heterocycles. The van der Waals surface area contributed by atoms with E-state index in [1.807, 2.05) is 41.5 Å². The van der Waals surface area contributed by atoms with Crippen molar-refractivity contribution in [1.29, 1.82) is 0 Å². The predicted molar refractivity (Wildman–Crippen MR) is 325 cm³/mol. The van der Waals surface area contributed by atoms with Crippen molar-refractivity contribution in [3.05, 3.63) is 12.2 Å². The van der Waals surface area contributed by atoms with Crippen LogP contribution in [0.3, 0.4) is 0 Å². The van der Waals surface area contributed by atoms with Gasteiger partial charge in [-0.1, -0.05) is 95.2 Å². The van der Waals surface area contributed by atoms with Crippen LogP contribution in [0.2, 0.25) is 0 Å². The van der Waals surface area contributed by atoms with E-state index in [9.17, 15) is 53.4 Å². The molecule has 0 aromatic rings. The number of aliphatic hydroxyl groups excluding tert-OH is 1. The van der Waals surface area contributed by atoms with Crippen molar-refractivity contribution < 1.29 is 63.0 Å². The number of nitrogens with one attached hydrogen (secondary N) is 5. The van der Waals surface area contributed by atoms with Crippen LogP contribution >= 0.6 is 0 Å². The molecule has 1 heterocycles. The van der Waals surface area contributed by atoms with Crippen LogP contribution in [0.4, 0.5) is 0 Å². The van der Waals surface area contributed by atoms with Crippen molar-refractivity contribution in [2.45, 2.75) is 228 Å². The minimum absolute atomic E-state index is 0.0159. The highest BCUT2D eigenvalue weighted by Gasteiger charge is 2.45. The Kier molecular flexibility index (Phi) is 31.0. The minimum Gasteiger partial charge on any atom is -0.390 e. The van der Waals surface area contributed by atoms with E-state index in [0.29, 0.717) is 6.42 Å². The van der Waals surface area contributed by atoms with E-state index in [1.54, 1.807) is 60.6 Å². The third-order valence-corrected chi connectivity index (χ3v) is 15.6. The first kappa shape index (κ1) is 76.8. The topological polar surface area (TPSA) is 308 Å². The van der Waals surface area contributed by atoms with Gasteiger partial charge in [-0.3, -0.25) is 52.7 Å². The van der Waals surface area contributed by atoms with Gasteiger partial charge < -0.3 is 66.2 Å². The van der Waals surface area contributed by atoms with Gasteiger partial charge in [0.25, 0.3) is 0 Å². The summed E-state index contributed by atoms with van der Waals surface area (Å²) in [5.74, 6) is -10.4. The van der Waals surface area contributed by atoms with Crippen LogP contribution in [-0.2, 0) is 52.7 Å². The highest BCUT2D eigenvalue weighted by Crippen LogP contribution is 2.25. The summed E-state index contributed by atoms with van der Waals surface area (Å²) >= 11 is 0. The number of likely N-dealkylation sites (N-methyl/N-ethyl adjacent to an activating group) is 6. The Labute approximate surface area is 507 Å². The fourth-order valence-corrected chi connectivity index (χ4v) is 10.5. The molecule has 0 spiro atoms. The number of nitrogens with zero attached hydrogens (tertiary/aromatic N) is 6. The Morgan fingerprint density at radius 3 is 1.44 bits per heavy atom. The van der Waals surface area contributed by atoms with Crippen molar-refractivity contribution in [1.82, 2.24) is 56.0 Å². The number of allylic oxidation sites excluding steroid dienone is 2. The van der Waals surface area contributed by atoms with Crippen molar-refractivity contribution in [3.63, 3.8) is 0 Å². The molecular weight excluding hydrogens is 1090 g/mol. The summed E-state index contributed by atoms with van der Waals surface area (Å²) in [7, 11) is 8.32. The molecule has 1 aliphatic rings. The van der Waals surface area contributed by atoms with Gasteiger partial charge in [0, 0.05) is 48.7 Å². The molecule has 12 atom stereocenters. The molecular formula is C61H109N11O13. The van der Waals surface area contributed by atoms with Crippen LogP contribution < -0.4 is 26.6 Å². The summed E-state index contributed by atoms with van der Waals surface area (Å²) < 4.78 is 0. The zero-order valence-corrected chi connectivity index (χ0v) is 55.5. The van der Waals surface area contributed by atoms with Crippen LogP contribution in [0.1, 0.15) is 156 Å². The lowest BCUT2D eigenvalue weighted by Gasteiger charge is -2.41. The molecule has 7 N–H and O–H groups in total. The van der Waals surface area contributed by atoms with Crippen LogP contribution in [0.25, 0.3) is 0 Å². The van der Waals surface area contributed by atoms with Crippen molar-refractivity contribution in [2.24, 2.45) is 35.5 Å². The second kappa shape index (κ2) is 34.2. The molecule has 0 aromatic heterocycles. The highest BCUT2D eigenvalue weighted by atomic mass is 16.3. The van der Waals surface area contributed by atoms with Gasteiger partial charge >= 0.3 is 0 Å². The fraction of sp³-hybridized carbons (Fsp3) is 0.787. The van der Waals surface area contributed by atoms with E-state index >= 15 is 9.59 Å². The third kappa shape index (κ3) is 22.6. The van der Waals surface area contributed by atoms with Gasteiger partial charge in [0.15, 0.2) is 0 Å². The van der Waals surface area contributed by atoms with Gasteiger partial charge in [0.05, 0.1) is 18.2 Å². The minimum atomic E-state index is -1.64. The first-order valence-corrected chi connectivity index (χ1v) is 30.2. The zero-order chi connectivity index (χ0) is 66.0. The van der Waals surface area contributed by atoms with Gasteiger partial charge in [-0.05, 0) is 102 Å². The first-order chi connectivity index (χ1) is 39.1. The molecule has 85 heavy (non-hydrogen) atoms. The SMILES string of the molecule is C/C=C/C[C@@H](C)[C@@H](O)[C@H]1C(=O)N[C@@H](CC)C(=O)N(C)CC(=O)N[C@@H](CC(C)(C)O)C(=O)N[C@@H](C(C)C)C(=O)N(C)[C@@H](CC(C)C)C(=O)N[C@@H](C)C(=O)N[C@H](C)C(=O)N(C)[C@@H](CC(C)C)C(=O)N(C)[C@@H](CC(C)C)C(=O)N(C)[C@@H](C(C)C)C(=O)N1C. The molecule has 0 radical (unpaired) electrons.